The number of nitrogens with one attached hydrogen (secondary N) is 1. The molecule has 1 aliphatic rings. The molecule has 2 aromatic carbocycles. The van der Waals surface area contributed by atoms with Gasteiger partial charge in [-0.3, -0.25) is 14.4 Å². The SMILES string of the molecule is O=Cc1ccc(N2CCC(C(=O)NCC(=O)c3ccccc3F)CC2)cc1. The van der Waals surface area contributed by atoms with Crippen molar-refractivity contribution in [2.75, 3.05) is 24.5 Å². The molecule has 0 aliphatic carbocycles. The van der Waals surface area contributed by atoms with E-state index in [1.807, 2.05) is 12.1 Å². The van der Waals surface area contributed by atoms with Gasteiger partial charge in [0, 0.05) is 30.3 Å². The fraction of sp³-hybridized carbons (Fsp3) is 0.286. The number of anilines is 1. The molecule has 0 bridgehead atoms. The molecular formula is C21H21FN2O3. The third kappa shape index (κ3) is 4.58. The molecule has 3 rings (SSSR count). The Kier molecular flexibility index (Phi) is 5.96. The number of carbonyl (C=O) groups is 3. The van der Waals surface area contributed by atoms with Crippen molar-refractivity contribution in [1.82, 2.24) is 5.32 Å². The van der Waals surface area contributed by atoms with E-state index in [4.69, 9.17) is 0 Å². The maximum atomic E-state index is 13.6. The van der Waals surface area contributed by atoms with Crippen LogP contribution in [0.1, 0.15) is 33.6 Å². The molecule has 1 heterocycles. The Morgan fingerprint density at radius 1 is 1.07 bits per heavy atom. The number of halogens is 1. The highest BCUT2D eigenvalue weighted by atomic mass is 19.1. The van der Waals surface area contributed by atoms with Crippen molar-refractivity contribution < 1.29 is 18.8 Å². The van der Waals surface area contributed by atoms with Gasteiger partial charge in [0.1, 0.15) is 12.1 Å². The molecule has 0 saturated carbocycles. The van der Waals surface area contributed by atoms with E-state index in [1.165, 1.54) is 18.2 Å². The first kappa shape index (κ1) is 18.8. The summed E-state index contributed by atoms with van der Waals surface area (Å²) < 4.78 is 13.6. The second-order valence-corrected chi connectivity index (χ2v) is 6.59. The molecule has 0 unspecified atom stereocenters. The molecule has 0 atom stereocenters. The van der Waals surface area contributed by atoms with Crippen molar-refractivity contribution in [3.05, 3.63) is 65.5 Å². The van der Waals surface area contributed by atoms with E-state index in [0.29, 0.717) is 18.4 Å². The number of benzene rings is 2. The molecule has 2 aromatic rings. The number of aldehydes is 1. The van der Waals surface area contributed by atoms with Gasteiger partial charge in [-0.2, -0.15) is 0 Å². The maximum absolute atomic E-state index is 13.6. The quantitative estimate of drug-likeness (QED) is 0.629. The summed E-state index contributed by atoms with van der Waals surface area (Å²) in [6.07, 6.45) is 2.16. The third-order valence-electron chi connectivity index (χ3n) is 4.86. The number of amides is 1. The monoisotopic (exact) mass is 368 g/mol. The standard InChI is InChI=1S/C21H21FN2O3/c22-19-4-2-1-3-18(19)20(26)13-23-21(27)16-9-11-24(12-10-16)17-7-5-15(14-25)6-8-17/h1-8,14,16H,9-13H2,(H,23,27). The molecule has 0 spiro atoms. The summed E-state index contributed by atoms with van der Waals surface area (Å²) in [6.45, 7) is 1.24. The zero-order chi connectivity index (χ0) is 19.2. The molecule has 1 N–H and O–H groups in total. The van der Waals surface area contributed by atoms with Gasteiger partial charge in [0.25, 0.3) is 0 Å². The second kappa shape index (κ2) is 8.58. The van der Waals surface area contributed by atoms with Crippen molar-refractivity contribution in [2.45, 2.75) is 12.8 Å². The molecule has 5 nitrogen and oxygen atoms in total. The van der Waals surface area contributed by atoms with Crippen LogP contribution in [0.4, 0.5) is 10.1 Å². The Bertz CT molecular complexity index is 828. The van der Waals surface area contributed by atoms with Crippen LogP contribution in [0.25, 0.3) is 0 Å². The smallest absolute Gasteiger partial charge is 0.223 e. The number of Topliss-reactive ketones (excluding diaryl/α,β-unsaturated/α-hetero) is 1. The lowest BCUT2D eigenvalue weighted by atomic mass is 9.95. The topological polar surface area (TPSA) is 66.5 Å². The van der Waals surface area contributed by atoms with Crippen LogP contribution in [0.3, 0.4) is 0 Å². The van der Waals surface area contributed by atoms with E-state index in [2.05, 4.69) is 10.2 Å². The summed E-state index contributed by atoms with van der Waals surface area (Å²) in [7, 11) is 0. The molecule has 0 radical (unpaired) electrons. The summed E-state index contributed by atoms with van der Waals surface area (Å²) >= 11 is 0. The lowest BCUT2D eigenvalue weighted by Gasteiger charge is -2.33. The molecule has 140 valence electrons. The molecule has 27 heavy (non-hydrogen) atoms. The van der Waals surface area contributed by atoms with E-state index < -0.39 is 11.6 Å². The Labute approximate surface area is 157 Å². The number of rotatable bonds is 6. The van der Waals surface area contributed by atoms with Gasteiger partial charge in [0.05, 0.1) is 12.1 Å². The van der Waals surface area contributed by atoms with Crippen LogP contribution in [0.2, 0.25) is 0 Å². The Hall–Kier alpha value is -3.02. The van der Waals surface area contributed by atoms with E-state index in [0.717, 1.165) is 25.1 Å². The minimum atomic E-state index is -0.578. The van der Waals surface area contributed by atoms with Crippen LogP contribution >= 0.6 is 0 Å². The first-order chi connectivity index (χ1) is 13.1. The highest BCUT2D eigenvalue weighted by Gasteiger charge is 2.25. The first-order valence-electron chi connectivity index (χ1n) is 8.94. The van der Waals surface area contributed by atoms with E-state index in [-0.39, 0.29) is 23.9 Å². The number of hydrogen-bond acceptors (Lipinski definition) is 4. The molecular weight excluding hydrogens is 347 g/mol. The highest BCUT2D eigenvalue weighted by molar-refractivity contribution is 5.99. The van der Waals surface area contributed by atoms with Gasteiger partial charge >= 0.3 is 0 Å². The number of piperidine rings is 1. The zero-order valence-corrected chi connectivity index (χ0v) is 14.9. The van der Waals surface area contributed by atoms with Gasteiger partial charge in [-0.25, -0.2) is 4.39 Å². The number of nitrogens with zero attached hydrogens (tertiary/aromatic N) is 1. The average Bonchev–Trinajstić information content (AvgIpc) is 2.72. The number of carbonyl (C=O) groups excluding carboxylic acids is 3. The summed E-state index contributed by atoms with van der Waals surface area (Å²) in [5, 5.41) is 2.64. The third-order valence-corrected chi connectivity index (χ3v) is 4.86. The molecule has 1 amide bonds. The van der Waals surface area contributed by atoms with Crippen molar-refractivity contribution in [3.8, 4) is 0 Å². The lowest BCUT2D eigenvalue weighted by molar-refractivity contribution is -0.125. The Morgan fingerprint density at radius 3 is 2.37 bits per heavy atom. The summed E-state index contributed by atoms with van der Waals surface area (Å²) in [6, 6.07) is 13.1. The first-order valence-corrected chi connectivity index (χ1v) is 8.94. The van der Waals surface area contributed by atoms with Crippen LogP contribution in [-0.2, 0) is 4.79 Å². The summed E-state index contributed by atoms with van der Waals surface area (Å²) in [5.41, 5.74) is 1.65. The van der Waals surface area contributed by atoms with Crippen LogP contribution in [0, 0.1) is 11.7 Å². The van der Waals surface area contributed by atoms with Crippen LogP contribution < -0.4 is 10.2 Å². The fourth-order valence-corrected chi connectivity index (χ4v) is 3.26. The van der Waals surface area contributed by atoms with E-state index >= 15 is 0 Å². The summed E-state index contributed by atoms with van der Waals surface area (Å²) in [5.74, 6) is -1.35. The van der Waals surface area contributed by atoms with E-state index in [1.54, 1.807) is 18.2 Å². The number of hydrogen-bond donors (Lipinski definition) is 1. The van der Waals surface area contributed by atoms with Crippen LogP contribution in [-0.4, -0.2) is 37.6 Å². The van der Waals surface area contributed by atoms with Gasteiger partial charge in [0.15, 0.2) is 5.78 Å². The van der Waals surface area contributed by atoms with Gasteiger partial charge in [-0.05, 0) is 49.2 Å². The molecule has 1 fully saturated rings. The van der Waals surface area contributed by atoms with Crippen molar-refractivity contribution in [3.63, 3.8) is 0 Å². The molecule has 0 aromatic heterocycles. The van der Waals surface area contributed by atoms with Crippen molar-refractivity contribution in [1.29, 1.82) is 0 Å². The fourth-order valence-electron chi connectivity index (χ4n) is 3.26. The zero-order valence-electron chi connectivity index (χ0n) is 14.9. The van der Waals surface area contributed by atoms with Crippen LogP contribution in [0.5, 0.6) is 0 Å². The molecule has 6 heteroatoms. The molecule has 1 aliphatic heterocycles. The van der Waals surface area contributed by atoms with Crippen molar-refractivity contribution in [2.24, 2.45) is 5.92 Å². The predicted molar refractivity (Wildman–Crippen MR) is 101 cm³/mol. The average molecular weight is 368 g/mol. The van der Waals surface area contributed by atoms with E-state index in [9.17, 15) is 18.8 Å². The second-order valence-electron chi connectivity index (χ2n) is 6.59. The number of ketones is 1. The predicted octanol–water partition coefficient (Wildman–Crippen LogP) is 2.85. The summed E-state index contributed by atoms with van der Waals surface area (Å²) in [4.78, 5) is 37.3. The Morgan fingerprint density at radius 2 is 1.74 bits per heavy atom. The largest absolute Gasteiger partial charge is 0.371 e. The maximum Gasteiger partial charge on any atom is 0.223 e. The lowest BCUT2D eigenvalue weighted by Crippen LogP contribution is -2.42. The molecule has 1 saturated heterocycles. The minimum absolute atomic E-state index is 0.00797. The van der Waals surface area contributed by atoms with Gasteiger partial charge in [-0.15, -0.1) is 0 Å². The van der Waals surface area contributed by atoms with Crippen LogP contribution in [0.15, 0.2) is 48.5 Å². The minimum Gasteiger partial charge on any atom is -0.371 e. The van der Waals surface area contributed by atoms with Crippen molar-refractivity contribution >= 4 is 23.7 Å². The highest BCUT2D eigenvalue weighted by Crippen LogP contribution is 2.23. The van der Waals surface area contributed by atoms with Gasteiger partial charge in [-0.1, -0.05) is 12.1 Å². The normalized spacial score (nSPS) is 14.6. The Balaban J connectivity index is 1.49. The van der Waals surface area contributed by atoms with Gasteiger partial charge < -0.3 is 10.2 Å². The van der Waals surface area contributed by atoms with Gasteiger partial charge in [0.2, 0.25) is 5.91 Å².